The molecule has 2 aromatic heterocycles. The summed E-state index contributed by atoms with van der Waals surface area (Å²) in [5.74, 6) is 1.89. The van der Waals surface area contributed by atoms with Crippen LogP contribution >= 0.6 is 22.9 Å². The first-order valence-electron chi connectivity index (χ1n) is 6.16. The maximum atomic E-state index is 6.39. The molecule has 1 aromatic carbocycles. The summed E-state index contributed by atoms with van der Waals surface area (Å²) in [4.78, 5) is 1.17. The van der Waals surface area contributed by atoms with Crippen LogP contribution < -0.4 is 5.32 Å². The zero-order valence-electron chi connectivity index (χ0n) is 10.6. The van der Waals surface area contributed by atoms with Gasteiger partial charge in [0.25, 0.3) is 0 Å². The fraction of sp³-hybridized carbons (Fsp3) is 0.200. The Kier molecular flexibility index (Phi) is 3.60. The minimum absolute atomic E-state index is 0.721. The lowest BCUT2D eigenvalue weighted by atomic mass is 10.2. The largest absolute Gasteiger partial charge is 0.465 e. The van der Waals surface area contributed by atoms with Gasteiger partial charge in [0.1, 0.15) is 11.5 Å². The average molecular weight is 292 g/mol. The normalized spacial score (nSPS) is 11.3. The third-order valence-electron chi connectivity index (χ3n) is 2.98. The molecule has 0 aliphatic rings. The van der Waals surface area contributed by atoms with Crippen LogP contribution in [0.5, 0.6) is 0 Å². The molecule has 0 aliphatic carbocycles. The van der Waals surface area contributed by atoms with E-state index in [4.69, 9.17) is 16.0 Å². The van der Waals surface area contributed by atoms with Gasteiger partial charge in [0.05, 0.1) is 11.6 Å². The van der Waals surface area contributed by atoms with Gasteiger partial charge in [-0.2, -0.15) is 0 Å². The number of hydrogen-bond acceptors (Lipinski definition) is 3. The van der Waals surface area contributed by atoms with Crippen LogP contribution in [-0.2, 0) is 13.1 Å². The highest BCUT2D eigenvalue weighted by Gasteiger charge is 2.09. The summed E-state index contributed by atoms with van der Waals surface area (Å²) < 4.78 is 6.75. The van der Waals surface area contributed by atoms with Gasteiger partial charge in [-0.25, -0.2) is 0 Å². The van der Waals surface area contributed by atoms with Crippen LogP contribution in [0.1, 0.15) is 16.4 Å². The van der Waals surface area contributed by atoms with Crippen molar-refractivity contribution in [2.75, 3.05) is 0 Å². The number of hydrogen-bond donors (Lipinski definition) is 1. The Morgan fingerprint density at radius 1 is 1.16 bits per heavy atom. The molecule has 98 valence electrons. The van der Waals surface area contributed by atoms with Gasteiger partial charge in [0.15, 0.2) is 0 Å². The number of benzene rings is 1. The Labute approximate surface area is 121 Å². The number of furan rings is 1. The van der Waals surface area contributed by atoms with E-state index in [-0.39, 0.29) is 0 Å². The summed E-state index contributed by atoms with van der Waals surface area (Å²) in [6, 6.07) is 12.2. The first kappa shape index (κ1) is 12.7. The molecule has 0 spiro atoms. The molecule has 1 N–H and O–H groups in total. The number of rotatable bonds is 4. The molecule has 19 heavy (non-hydrogen) atoms. The monoisotopic (exact) mass is 291 g/mol. The summed E-state index contributed by atoms with van der Waals surface area (Å²) in [7, 11) is 0. The fourth-order valence-electron chi connectivity index (χ4n) is 2.06. The van der Waals surface area contributed by atoms with Crippen molar-refractivity contribution in [3.63, 3.8) is 0 Å². The quantitative estimate of drug-likeness (QED) is 0.750. The van der Waals surface area contributed by atoms with Crippen molar-refractivity contribution >= 4 is 33.0 Å². The van der Waals surface area contributed by atoms with Crippen LogP contribution in [0.3, 0.4) is 0 Å². The second-order valence-electron chi connectivity index (χ2n) is 4.45. The molecular weight excluding hydrogens is 278 g/mol. The molecule has 2 nitrogen and oxygen atoms in total. The standard InChI is InChI=1S/C15H14ClNOS/c1-10-6-7-11(18-10)8-17-9-14-15(16)12-4-2-3-5-13(12)19-14/h2-7,17H,8-9H2,1H3. The summed E-state index contributed by atoms with van der Waals surface area (Å²) in [6.07, 6.45) is 0. The minimum atomic E-state index is 0.721. The Balaban J connectivity index is 1.70. The van der Waals surface area contributed by atoms with E-state index in [2.05, 4.69) is 17.4 Å². The number of fused-ring (bicyclic) bond motifs is 1. The second-order valence-corrected chi connectivity index (χ2v) is 5.97. The van der Waals surface area contributed by atoms with Gasteiger partial charge in [-0.1, -0.05) is 29.8 Å². The molecule has 3 aromatic rings. The summed E-state index contributed by atoms with van der Waals surface area (Å²) in [5.41, 5.74) is 0. The molecule has 0 fully saturated rings. The fourth-order valence-corrected chi connectivity index (χ4v) is 3.53. The van der Waals surface area contributed by atoms with Crippen LogP contribution in [0.15, 0.2) is 40.8 Å². The minimum Gasteiger partial charge on any atom is -0.465 e. The maximum Gasteiger partial charge on any atom is 0.117 e. The van der Waals surface area contributed by atoms with Crippen molar-refractivity contribution in [2.45, 2.75) is 20.0 Å². The molecule has 0 aliphatic heterocycles. The zero-order valence-corrected chi connectivity index (χ0v) is 12.1. The van der Waals surface area contributed by atoms with E-state index in [1.807, 2.05) is 31.2 Å². The third-order valence-corrected chi connectivity index (χ3v) is 4.70. The number of nitrogens with one attached hydrogen (secondary N) is 1. The van der Waals surface area contributed by atoms with E-state index < -0.39 is 0 Å². The van der Waals surface area contributed by atoms with Crippen molar-refractivity contribution in [3.8, 4) is 0 Å². The molecule has 0 radical (unpaired) electrons. The average Bonchev–Trinajstić information content (AvgIpc) is 2.96. The summed E-state index contributed by atoms with van der Waals surface area (Å²) in [5, 5.41) is 5.37. The van der Waals surface area contributed by atoms with Crippen LogP contribution in [0.2, 0.25) is 5.02 Å². The first-order valence-corrected chi connectivity index (χ1v) is 7.35. The van der Waals surface area contributed by atoms with Crippen LogP contribution in [0.25, 0.3) is 10.1 Å². The zero-order chi connectivity index (χ0) is 13.2. The van der Waals surface area contributed by atoms with Crippen molar-refractivity contribution in [1.82, 2.24) is 5.32 Å². The van der Waals surface area contributed by atoms with Crippen LogP contribution in [0, 0.1) is 6.92 Å². The molecule has 0 atom stereocenters. The van der Waals surface area contributed by atoms with E-state index in [0.29, 0.717) is 0 Å². The number of thiophene rings is 1. The van der Waals surface area contributed by atoms with Gasteiger partial charge >= 0.3 is 0 Å². The van der Waals surface area contributed by atoms with E-state index in [0.717, 1.165) is 35.0 Å². The van der Waals surface area contributed by atoms with Gasteiger partial charge in [0.2, 0.25) is 0 Å². The van der Waals surface area contributed by atoms with Crippen molar-refractivity contribution in [3.05, 3.63) is 57.8 Å². The molecule has 0 unspecified atom stereocenters. The van der Waals surface area contributed by atoms with Crippen molar-refractivity contribution < 1.29 is 4.42 Å². The Morgan fingerprint density at radius 3 is 2.74 bits per heavy atom. The van der Waals surface area contributed by atoms with E-state index >= 15 is 0 Å². The lowest BCUT2D eigenvalue weighted by Crippen LogP contribution is -2.11. The van der Waals surface area contributed by atoms with Gasteiger partial charge in [0, 0.05) is 21.5 Å². The summed E-state index contributed by atoms with van der Waals surface area (Å²) in [6.45, 7) is 3.43. The molecule has 0 bridgehead atoms. The molecule has 0 amide bonds. The first-order chi connectivity index (χ1) is 9.24. The highest BCUT2D eigenvalue weighted by molar-refractivity contribution is 7.19. The van der Waals surface area contributed by atoms with Crippen molar-refractivity contribution in [2.24, 2.45) is 0 Å². The van der Waals surface area contributed by atoms with Gasteiger partial charge in [-0.15, -0.1) is 11.3 Å². The Morgan fingerprint density at radius 2 is 2.00 bits per heavy atom. The molecule has 0 saturated carbocycles. The third kappa shape index (κ3) is 2.68. The smallest absolute Gasteiger partial charge is 0.117 e. The van der Waals surface area contributed by atoms with Gasteiger partial charge < -0.3 is 9.73 Å². The number of halogens is 1. The summed E-state index contributed by atoms with van der Waals surface area (Å²) >= 11 is 8.13. The van der Waals surface area contributed by atoms with Gasteiger partial charge in [-0.05, 0) is 25.1 Å². The molecular formula is C15H14ClNOS. The Hall–Kier alpha value is -1.29. The lowest BCUT2D eigenvalue weighted by molar-refractivity contribution is 0.462. The number of aryl methyl sites for hydroxylation is 1. The highest BCUT2D eigenvalue weighted by atomic mass is 35.5. The highest BCUT2D eigenvalue weighted by Crippen LogP contribution is 2.34. The van der Waals surface area contributed by atoms with E-state index in [1.54, 1.807) is 11.3 Å². The van der Waals surface area contributed by atoms with Gasteiger partial charge in [-0.3, -0.25) is 0 Å². The predicted octanol–water partition coefficient (Wildman–Crippen LogP) is 4.75. The van der Waals surface area contributed by atoms with E-state index in [1.165, 1.54) is 9.58 Å². The van der Waals surface area contributed by atoms with E-state index in [9.17, 15) is 0 Å². The lowest BCUT2D eigenvalue weighted by Gasteiger charge is -2.01. The Bertz CT molecular complexity index is 701. The van der Waals surface area contributed by atoms with Crippen LogP contribution in [-0.4, -0.2) is 0 Å². The topological polar surface area (TPSA) is 25.2 Å². The van der Waals surface area contributed by atoms with Crippen molar-refractivity contribution in [1.29, 1.82) is 0 Å². The molecule has 4 heteroatoms. The van der Waals surface area contributed by atoms with Crippen LogP contribution in [0.4, 0.5) is 0 Å². The molecule has 3 rings (SSSR count). The predicted molar refractivity (Wildman–Crippen MR) is 80.8 cm³/mol. The molecule has 0 saturated heterocycles. The SMILES string of the molecule is Cc1ccc(CNCc2sc3ccccc3c2Cl)o1. The second kappa shape index (κ2) is 5.37. The molecule has 2 heterocycles. The maximum absolute atomic E-state index is 6.39.